The van der Waals surface area contributed by atoms with E-state index in [-0.39, 0.29) is 11.8 Å². The van der Waals surface area contributed by atoms with Crippen LogP contribution in [-0.2, 0) is 12.8 Å². The summed E-state index contributed by atoms with van der Waals surface area (Å²) in [6, 6.07) is 16.6. The molecule has 0 amide bonds. The second-order valence-corrected chi connectivity index (χ2v) is 5.14. The predicted molar refractivity (Wildman–Crippen MR) is 82.2 cm³/mol. The van der Waals surface area contributed by atoms with E-state index in [0.29, 0.717) is 6.42 Å². The van der Waals surface area contributed by atoms with Gasteiger partial charge in [-0.2, -0.15) is 0 Å². The van der Waals surface area contributed by atoms with Crippen molar-refractivity contribution in [1.29, 1.82) is 0 Å². The largest absolute Gasteiger partial charge is 0.393 e. The molecule has 2 rings (SSSR count). The topological polar surface area (TPSA) is 63.4 Å². The number of aryl methyl sites for hydroxylation is 2. The van der Waals surface area contributed by atoms with E-state index in [1.807, 2.05) is 18.2 Å². The molecule has 0 radical (unpaired) electrons. The van der Waals surface area contributed by atoms with E-state index < -0.39 is 4.92 Å². The first-order valence-electron chi connectivity index (χ1n) is 7.10. The van der Waals surface area contributed by atoms with Crippen LogP contribution in [0.3, 0.4) is 0 Å². The molecule has 1 N–H and O–H groups in total. The van der Waals surface area contributed by atoms with E-state index in [1.54, 1.807) is 12.1 Å². The van der Waals surface area contributed by atoms with Crippen LogP contribution in [0.25, 0.3) is 0 Å². The van der Waals surface area contributed by atoms with Gasteiger partial charge in [-0.05, 0) is 36.8 Å². The molecule has 0 saturated heterocycles. The summed E-state index contributed by atoms with van der Waals surface area (Å²) in [6.07, 6.45) is 2.65. The highest BCUT2D eigenvalue weighted by atomic mass is 16.6. The quantitative estimate of drug-likeness (QED) is 0.625. The van der Waals surface area contributed by atoms with Gasteiger partial charge in [0.1, 0.15) is 0 Å². The number of aliphatic hydroxyl groups is 1. The zero-order valence-corrected chi connectivity index (χ0v) is 11.8. The lowest BCUT2D eigenvalue weighted by molar-refractivity contribution is -0.384. The summed E-state index contributed by atoms with van der Waals surface area (Å²) in [5, 5.41) is 20.6. The molecule has 4 nitrogen and oxygen atoms in total. The van der Waals surface area contributed by atoms with Gasteiger partial charge in [-0.25, -0.2) is 0 Å². The fraction of sp³-hybridized carbons (Fsp3) is 0.294. The summed E-state index contributed by atoms with van der Waals surface area (Å²) in [4.78, 5) is 10.2. The summed E-state index contributed by atoms with van der Waals surface area (Å²) in [5.41, 5.74) is 2.34. The summed E-state index contributed by atoms with van der Waals surface area (Å²) in [5.74, 6) is 0. The molecular weight excluding hydrogens is 266 g/mol. The molecule has 0 saturated carbocycles. The maximum atomic E-state index is 10.6. The van der Waals surface area contributed by atoms with Gasteiger partial charge < -0.3 is 5.11 Å². The maximum Gasteiger partial charge on any atom is 0.269 e. The number of rotatable bonds is 7. The van der Waals surface area contributed by atoms with Gasteiger partial charge in [-0.1, -0.05) is 42.5 Å². The van der Waals surface area contributed by atoms with E-state index in [0.717, 1.165) is 24.8 Å². The Bertz CT molecular complexity index is 566. The third kappa shape index (κ3) is 5.00. The Hall–Kier alpha value is -2.20. The van der Waals surface area contributed by atoms with Crippen molar-refractivity contribution >= 4 is 5.69 Å². The standard InChI is InChI=1S/C17H19NO3/c19-17(12-8-14-4-2-1-3-5-14)13-9-15-6-10-16(11-7-15)18(20)21/h1-7,10-11,17,19H,8-9,12-13H2. The van der Waals surface area contributed by atoms with Crippen molar-refractivity contribution in [2.45, 2.75) is 31.8 Å². The van der Waals surface area contributed by atoms with Crippen LogP contribution in [0.2, 0.25) is 0 Å². The molecular formula is C17H19NO3. The lowest BCUT2D eigenvalue weighted by Crippen LogP contribution is -2.09. The number of benzene rings is 2. The third-order valence-electron chi connectivity index (χ3n) is 3.52. The van der Waals surface area contributed by atoms with Crippen molar-refractivity contribution in [3.63, 3.8) is 0 Å². The Morgan fingerprint density at radius 2 is 1.43 bits per heavy atom. The SMILES string of the molecule is O=[N+]([O-])c1ccc(CCC(O)CCc2ccccc2)cc1. The highest BCUT2D eigenvalue weighted by Crippen LogP contribution is 2.15. The van der Waals surface area contributed by atoms with Gasteiger partial charge >= 0.3 is 0 Å². The summed E-state index contributed by atoms with van der Waals surface area (Å²) < 4.78 is 0. The van der Waals surface area contributed by atoms with Gasteiger partial charge in [0.05, 0.1) is 11.0 Å². The highest BCUT2D eigenvalue weighted by Gasteiger charge is 2.07. The fourth-order valence-corrected chi connectivity index (χ4v) is 2.24. The number of aliphatic hydroxyl groups excluding tert-OH is 1. The first-order valence-corrected chi connectivity index (χ1v) is 7.10. The zero-order valence-electron chi connectivity index (χ0n) is 11.8. The zero-order chi connectivity index (χ0) is 15.1. The van der Waals surface area contributed by atoms with Crippen LogP contribution in [0.4, 0.5) is 5.69 Å². The molecule has 0 bridgehead atoms. The summed E-state index contributed by atoms with van der Waals surface area (Å²) in [6.45, 7) is 0. The molecule has 0 aliphatic carbocycles. The van der Waals surface area contributed by atoms with Gasteiger partial charge in [0.25, 0.3) is 5.69 Å². The molecule has 0 fully saturated rings. The molecule has 0 spiro atoms. The first kappa shape index (κ1) is 15.2. The molecule has 2 aromatic rings. The molecule has 1 atom stereocenters. The molecule has 21 heavy (non-hydrogen) atoms. The van der Waals surface area contributed by atoms with Crippen molar-refractivity contribution in [3.05, 3.63) is 75.8 Å². The molecule has 0 aromatic heterocycles. The average Bonchev–Trinajstić information content (AvgIpc) is 2.52. The van der Waals surface area contributed by atoms with E-state index >= 15 is 0 Å². The number of nitro benzene ring substituents is 1. The minimum Gasteiger partial charge on any atom is -0.393 e. The van der Waals surface area contributed by atoms with Crippen molar-refractivity contribution in [3.8, 4) is 0 Å². The number of nitrogens with zero attached hydrogens (tertiary/aromatic N) is 1. The Labute approximate surface area is 124 Å². The predicted octanol–water partition coefficient (Wildman–Crippen LogP) is 3.52. The normalized spacial score (nSPS) is 12.0. The first-order chi connectivity index (χ1) is 10.1. The average molecular weight is 285 g/mol. The fourth-order valence-electron chi connectivity index (χ4n) is 2.24. The number of non-ortho nitro benzene ring substituents is 1. The van der Waals surface area contributed by atoms with Gasteiger partial charge in [0.2, 0.25) is 0 Å². The Balaban J connectivity index is 1.75. The van der Waals surface area contributed by atoms with Crippen LogP contribution in [-0.4, -0.2) is 16.1 Å². The number of nitro groups is 1. The van der Waals surface area contributed by atoms with E-state index in [1.165, 1.54) is 17.7 Å². The Morgan fingerprint density at radius 3 is 1.95 bits per heavy atom. The maximum absolute atomic E-state index is 10.6. The van der Waals surface area contributed by atoms with Crippen molar-refractivity contribution in [1.82, 2.24) is 0 Å². The van der Waals surface area contributed by atoms with Gasteiger partial charge in [-0.3, -0.25) is 10.1 Å². The summed E-state index contributed by atoms with van der Waals surface area (Å²) in [7, 11) is 0. The Kier molecular flexibility index (Phi) is 5.46. The molecule has 1 unspecified atom stereocenters. The molecule has 0 heterocycles. The molecule has 2 aromatic carbocycles. The van der Waals surface area contributed by atoms with Crippen LogP contribution in [0.1, 0.15) is 24.0 Å². The van der Waals surface area contributed by atoms with Crippen LogP contribution < -0.4 is 0 Å². The van der Waals surface area contributed by atoms with Crippen LogP contribution in [0.15, 0.2) is 54.6 Å². The van der Waals surface area contributed by atoms with E-state index in [4.69, 9.17) is 0 Å². The third-order valence-corrected chi connectivity index (χ3v) is 3.52. The molecule has 0 aliphatic rings. The van der Waals surface area contributed by atoms with Crippen LogP contribution in [0, 0.1) is 10.1 Å². The second-order valence-electron chi connectivity index (χ2n) is 5.14. The number of hydrogen-bond acceptors (Lipinski definition) is 3. The van der Waals surface area contributed by atoms with Crippen molar-refractivity contribution < 1.29 is 10.0 Å². The smallest absolute Gasteiger partial charge is 0.269 e. The van der Waals surface area contributed by atoms with Crippen molar-refractivity contribution in [2.24, 2.45) is 0 Å². The van der Waals surface area contributed by atoms with Gasteiger partial charge in [0.15, 0.2) is 0 Å². The number of hydrogen-bond donors (Lipinski definition) is 1. The van der Waals surface area contributed by atoms with E-state index in [2.05, 4.69) is 12.1 Å². The molecule has 4 heteroatoms. The van der Waals surface area contributed by atoms with Gasteiger partial charge in [0, 0.05) is 12.1 Å². The summed E-state index contributed by atoms with van der Waals surface area (Å²) >= 11 is 0. The lowest BCUT2D eigenvalue weighted by atomic mass is 10.0. The minimum atomic E-state index is -0.404. The van der Waals surface area contributed by atoms with E-state index in [9.17, 15) is 15.2 Å². The lowest BCUT2D eigenvalue weighted by Gasteiger charge is -2.10. The second kappa shape index (κ2) is 7.55. The monoisotopic (exact) mass is 285 g/mol. The highest BCUT2D eigenvalue weighted by molar-refractivity contribution is 5.32. The minimum absolute atomic E-state index is 0.100. The molecule has 0 aliphatic heterocycles. The van der Waals surface area contributed by atoms with Gasteiger partial charge in [-0.15, -0.1) is 0 Å². The van der Waals surface area contributed by atoms with Crippen molar-refractivity contribution in [2.75, 3.05) is 0 Å². The van der Waals surface area contributed by atoms with Crippen LogP contribution >= 0.6 is 0 Å². The van der Waals surface area contributed by atoms with Crippen LogP contribution in [0.5, 0.6) is 0 Å². The Morgan fingerprint density at radius 1 is 0.905 bits per heavy atom. The molecule has 110 valence electrons.